The number of thioether (sulfide) groups is 1. The number of methoxy groups -OCH3 is 1. The van der Waals surface area contributed by atoms with E-state index in [1.165, 1.54) is 16.3 Å². The first-order valence-corrected chi connectivity index (χ1v) is 12.5. The lowest BCUT2D eigenvalue weighted by atomic mass is 9.91. The maximum atomic E-state index is 11.8. The van der Waals surface area contributed by atoms with Crippen molar-refractivity contribution in [2.24, 2.45) is 0 Å². The van der Waals surface area contributed by atoms with Gasteiger partial charge in [0.2, 0.25) is 5.95 Å². The zero-order valence-electron chi connectivity index (χ0n) is 19.4. The summed E-state index contributed by atoms with van der Waals surface area (Å²) in [4.78, 5) is 32.3. The number of carbonyl (C=O) groups excluding carboxylic acids is 2. The Morgan fingerprint density at radius 3 is 2.60 bits per heavy atom. The lowest BCUT2D eigenvalue weighted by molar-refractivity contribution is -0.115. The molecule has 5 rings (SSSR count). The first-order chi connectivity index (χ1) is 17.1. The summed E-state index contributed by atoms with van der Waals surface area (Å²) in [5.41, 5.74) is 1.87. The van der Waals surface area contributed by atoms with Gasteiger partial charge < -0.3 is 15.4 Å². The average Bonchev–Trinajstić information content (AvgIpc) is 3.19. The summed E-state index contributed by atoms with van der Waals surface area (Å²) in [5.74, 6) is 1.03. The molecule has 1 aromatic heterocycles. The lowest BCUT2D eigenvalue weighted by Gasteiger charge is -2.30. The van der Waals surface area contributed by atoms with Crippen LogP contribution in [-0.4, -0.2) is 40.3 Å². The summed E-state index contributed by atoms with van der Waals surface area (Å²) >= 11 is 0.884. The molecule has 1 aliphatic carbocycles. The van der Waals surface area contributed by atoms with E-state index in [1.807, 2.05) is 6.07 Å². The minimum absolute atomic E-state index is 0.303. The van der Waals surface area contributed by atoms with Crippen LogP contribution in [0.5, 0.6) is 5.75 Å². The topological polar surface area (TPSA) is 105 Å². The van der Waals surface area contributed by atoms with Crippen molar-refractivity contribution in [1.82, 2.24) is 20.6 Å². The third-order valence-corrected chi connectivity index (χ3v) is 7.18. The first-order valence-electron chi connectivity index (χ1n) is 11.7. The number of fused-ring (bicyclic) bond motifs is 1. The van der Waals surface area contributed by atoms with Crippen molar-refractivity contribution in [2.45, 2.75) is 44.3 Å². The number of hydrogen-bond acceptors (Lipinski definition) is 8. The second-order valence-corrected chi connectivity index (χ2v) is 9.79. The van der Waals surface area contributed by atoms with Crippen LogP contribution in [0.15, 0.2) is 53.6 Å². The van der Waals surface area contributed by atoms with Crippen LogP contribution < -0.4 is 20.7 Å². The van der Waals surface area contributed by atoms with Crippen LogP contribution >= 0.6 is 11.8 Å². The van der Waals surface area contributed by atoms with Gasteiger partial charge in [-0.25, -0.2) is 9.97 Å². The Morgan fingerprint density at radius 2 is 1.83 bits per heavy atom. The molecule has 0 atom stereocenters. The van der Waals surface area contributed by atoms with Gasteiger partial charge >= 0.3 is 0 Å². The zero-order valence-corrected chi connectivity index (χ0v) is 20.2. The van der Waals surface area contributed by atoms with Crippen LogP contribution in [0.1, 0.15) is 36.9 Å². The molecule has 2 aliphatic rings. The van der Waals surface area contributed by atoms with Gasteiger partial charge in [-0.05, 0) is 84.1 Å². The van der Waals surface area contributed by atoms with E-state index in [9.17, 15) is 9.59 Å². The number of amides is 2. The van der Waals surface area contributed by atoms with Crippen molar-refractivity contribution in [3.05, 3.63) is 64.8 Å². The monoisotopic (exact) mass is 489 g/mol. The van der Waals surface area contributed by atoms with Crippen LogP contribution in [0.4, 0.5) is 10.7 Å². The molecule has 3 aromatic rings. The summed E-state index contributed by atoms with van der Waals surface area (Å²) in [7, 11) is 1.69. The van der Waals surface area contributed by atoms with E-state index in [4.69, 9.17) is 4.74 Å². The van der Waals surface area contributed by atoms with Gasteiger partial charge in [-0.1, -0.05) is 18.2 Å². The molecule has 8 nitrogen and oxygen atoms in total. The van der Waals surface area contributed by atoms with E-state index in [1.54, 1.807) is 25.4 Å². The van der Waals surface area contributed by atoms with E-state index in [0.29, 0.717) is 28.6 Å². The smallest absolute Gasteiger partial charge is 0.290 e. The van der Waals surface area contributed by atoms with Crippen LogP contribution in [0.3, 0.4) is 0 Å². The fourth-order valence-electron chi connectivity index (χ4n) is 4.47. The number of carbonyl (C=O) groups is 2. The molecule has 0 bridgehead atoms. The van der Waals surface area contributed by atoms with E-state index in [0.717, 1.165) is 49.7 Å². The predicted molar refractivity (Wildman–Crippen MR) is 138 cm³/mol. The molecule has 0 radical (unpaired) electrons. The molecule has 9 heteroatoms. The Morgan fingerprint density at radius 1 is 1.06 bits per heavy atom. The van der Waals surface area contributed by atoms with Gasteiger partial charge in [0.05, 0.1) is 17.7 Å². The quantitative estimate of drug-likeness (QED) is 0.418. The number of hydrogen-bond donors (Lipinski definition) is 3. The third kappa shape index (κ3) is 5.80. The van der Waals surface area contributed by atoms with Gasteiger partial charge in [0.15, 0.2) is 0 Å². The maximum absolute atomic E-state index is 11.8. The normalized spacial score (nSPS) is 21.3. The molecule has 2 fully saturated rings. The number of nitrogens with zero attached hydrogens (tertiary/aromatic N) is 2. The number of imide groups is 1. The molecular weight excluding hydrogens is 462 g/mol. The number of aromatic nitrogens is 2. The number of nitrogens with one attached hydrogen (secondary N) is 3. The second kappa shape index (κ2) is 10.5. The van der Waals surface area contributed by atoms with Gasteiger partial charge in [-0.15, -0.1) is 0 Å². The zero-order chi connectivity index (χ0) is 24.2. The van der Waals surface area contributed by atoms with Crippen molar-refractivity contribution >= 4 is 45.7 Å². The molecule has 1 saturated heterocycles. The third-order valence-electron chi connectivity index (χ3n) is 6.37. The Balaban J connectivity index is 1.11. The highest BCUT2D eigenvalue weighted by Gasteiger charge is 2.25. The molecule has 35 heavy (non-hydrogen) atoms. The molecule has 2 aromatic carbocycles. The minimum Gasteiger partial charge on any atom is -0.497 e. The van der Waals surface area contributed by atoms with Crippen molar-refractivity contribution in [3.8, 4) is 5.75 Å². The van der Waals surface area contributed by atoms with Crippen molar-refractivity contribution in [1.29, 1.82) is 0 Å². The van der Waals surface area contributed by atoms with E-state index in [2.05, 4.69) is 56.3 Å². The number of rotatable bonds is 7. The van der Waals surface area contributed by atoms with Gasteiger partial charge in [-0.2, -0.15) is 0 Å². The standard InChI is InChI=1S/C26H27N5O3S/c1-34-22-9-4-17-12-16(2-3-18(17)13-22)15-28-19-5-7-20(8-6-19)29-25-27-11-10-21(30-25)14-23-24(32)31-26(33)35-23/h2-4,9-14,19-20,28H,5-8,15H2,1H3,(H,27,29,30)(H,31,32,33)/b23-14-/t19-,20-. The molecule has 0 unspecified atom stereocenters. The summed E-state index contributed by atoms with van der Waals surface area (Å²) in [6.45, 7) is 0.846. The average molecular weight is 490 g/mol. The molecular formula is C26H27N5O3S. The summed E-state index contributed by atoms with van der Waals surface area (Å²) in [6, 6.07) is 15.2. The Kier molecular flexibility index (Phi) is 6.96. The van der Waals surface area contributed by atoms with Gasteiger partial charge in [0.1, 0.15) is 5.75 Å². The van der Waals surface area contributed by atoms with Crippen LogP contribution in [-0.2, 0) is 11.3 Å². The van der Waals surface area contributed by atoms with E-state index >= 15 is 0 Å². The van der Waals surface area contributed by atoms with Crippen LogP contribution in [0.25, 0.3) is 16.8 Å². The summed E-state index contributed by atoms with van der Waals surface area (Å²) < 4.78 is 5.31. The minimum atomic E-state index is -0.386. The Bertz CT molecular complexity index is 1290. The molecule has 0 spiro atoms. The summed E-state index contributed by atoms with van der Waals surface area (Å²) in [5, 5.41) is 11.4. The van der Waals surface area contributed by atoms with E-state index < -0.39 is 0 Å². The lowest BCUT2D eigenvalue weighted by Crippen LogP contribution is -2.36. The molecule has 1 aliphatic heterocycles. The van der Waals surface area contributed by atoms with Crippen molar-refractivity contribution < 1.29 is 14.3 Å². The molecule has 2 heterocycles. The predicted octanol–water partition coefficient (Wildman–Crippen LogP) is 4.48. The fourth-order valence-corrected chi connectivity index (χ4v) is 5.14. The van der Waals surface area contributed by atoms with Crippen molar-refractivity contribution in [3.63, 3.8) is 0 Å². The largest absolute Gasteiger partial charge is 0.497 e. The Labute approximate surface area is 207 Å². The molecule has 2 amide bonds. The first kappa shape index (κ1) is 23.3. The van der Waals surface area contributed by atoms with Gasteiger partial charge in [-0.3, -0.25) is 14.9 Å². The Hall–Kier alpha value is -3.43. The fraction of sp³-hybridized carbons (Fsp3) is 0.308. The SMILES string of the molecule is COc1ccc2cc(CN[C@H]3CC[C@H](Nc4nccc(/C=C5\SC(=O)NC5=O)n4)CC3)ccc2c1. The second-order valence-electron chi connectivity index (χ2n) is 8.78. The number of benzene rings is 2. The van der Waals surface area contributed by atoms with Crippen molar-refractivity contribution in [2.75, 3.05) is 12.4 Å². The molecule has 3 N–H and O–H groups in total. The number of ether oxygens (including phenoxy) is 1. The highest BCUT2D eigenvalue weighted by Crippen LogP contribution is 2.26. The van der Waals surface area contributed by atoms with Crippen LogP contribution in [0.2, 0.25) is 0 Å². The molecule has 180 valence electrons. The summed E-state index contributed by atoms with van der Waals surface area (Å²) in [6.07, 6.45) is 7.47. The maximum Gasteiger partial charge on any atom is 0.290 e. The van der Waals surface area contributed by atoms with E-state index in [-0.39, 0.29) is 11.1 Å². The van der Waals surface area contributed by atoms with Gasteiger partial charge in [0, 0.05) is 24.8 Å². The highest BCUT2D eigenvalue weighted by atomic mass is 32.2. The number of anilines is 1. The van der Waals surface area contributed by atoms with Crippen LogP contribution in [0, 0.1) is 0 Å². The van der Waals surface area contributed by atoms with Gasteiger partial charge in [0.25, 0.3) is 11.1 Å². The highest BCUT2D eigenvalue weighted by molar-refractivity contribution is 8.18. The molecule has 1 saturated carbocycles.